The second-order valence-corrected chi connectivity index (χ2v) is 5.78. The highest BCUT2D eigenvalue weighted by molar-refractivity contribution is 5.19. The van der Waals surface area contributed by atoms with Gasteiger partial charge < -0.3 is 10.1 Å². The van der Waals surface area contributed by atoms with Crippen molar-refractivity contribution in [1.29, 1.82) is 0 Å². The summed E-state index contributed by atoms with van der Waals surface area (Å²) in [7, 11) is 1.89. The molecule has 0 aliphatic rings. The lowest BCUT2D eigenvalue weighted by molar-refractivity contribution is 0.0381. The number of ether oxygens (including phenoxy) is 1. The molecule has 2 nitrogen and oxygen atoms in total. The number of hydrogen-bond donors (Lipinski definition) is 1. The third kappa shape index (κ3) is 5.61. The van der Waals surface area contributed by atoms with Gasteiger partial charge in [0, 0.05) is 13.2 Å². The maximum absolute atomic E-state index is 12.9. The molecule has 1 aromatic carbocycles. The van der Waals surface area contributed by atoms with Gasteiger partial charge in [0.2, 0.25) is 0 Å². The van der Waals surface area contributed by atoms with Crippen molar-refractivity contribution in [2.75, 3.05) is 20.2 Å². The number of benzene rings is 1. The van der Waals surface area contributed by atoms with Crippen LogP contribution in [0.4, 0.5) is 4.39 Å². The number of nitrogens with one attached hydrogen (secondary N) is 1. The van der Waals surface area contributed by atoms with E-state index in [0.29, 0.717) is 6.61 Å². The van der Waals surface area contributed by atoms with Gasteiger partial charge in [-0.25, -0.2) is 4.39 Å². The lowest BCUT2D eigenvalue weighted by atomic mass is 9.93. The van der Waals surface area contributed by atoms with E-state index in [9.17, 15) is 4.39 Å². The summed E-state index contributed by atoms with van der Waals surface area (Å²) in [5.74, 6) is -0.211. The highest BCUT2D eigenvalue weighted by Crippen LogP contribution is 2.22. The zero-order chi connectivity index (χ0) is 13.6. The van der Waals surface area contributed by atoms with E-state index >= 15 is 0 Å². The van der Waals surface area contributed by atoms with E-state index < -0.39 is 0 Å². The number of rotatable bonds is 6. The first-order valence-electron chi connectivity index (χ1n) is 6.44. The van der Waals surface area contributed by atoms with Crippen molar-refractivity contribution in [2.24, 2.45) is 5.41 Å². The minimum absolute atomic E-state index is 0.0158. The van der Waals surface area contributed by atoms with Crippen molar-refractivity contribution >= 4 is 0 Å². The summed E-state index contributed by atoms with van der Waals surface area (Å²) in [4.78, 5) is 0. The topological polar surface area (TPSA) is 21.3 Å². The highest BCUT2D eigenvalue weighted by Gasteiger charge is 2.14. The van der Waals surface area contributed by atoms with Crippen molar-refractivity contribution in [3.8, 4) is 0 Å². The average Bonchev–Trinajstić information content (AvgIpc) is 2.27. The zero-order valence-corrected chi connectivity index (χ0v) is 11.8. The summed E-state index contributed by atoms with van der Waals surface area (Å²) < 4.78 is 18.8. The smallest absolute Gasteiger partial charge is 0.123 e. The van der Waals surface area contributed by atoms with Gasteiger partial charge in [-0.1, -0.05) is 32.9 Å². The van der Waals surface area contributed by atoms with Crippen LogP contribution >= 0.6 is 0 Å². The molecule has 18 heavy (non-hydrogen) atoms. The van der Waals surface area contributed by atoms with Gasteiger partial charge in [-0.15, -0.1) is 0 Å². The van der Waals surface area contributed by atoms with Crippen LogP contribution in [0.5, 0.6) is 0 Å². The predicted molar refractivity (Wildman–Crippen MR) is 73.1 cm³/mol. The molecule has 0 aliphatic heterocycles. The Morgan fingerprint density at radius 2 is 1.83 bits per heavy atom. The zero-order valence-electron chi connectivity index (χ0n) is 11.8. The lowest BCUT2D eigenvalue weighted by Crippen LogP contribution is -2.21. The molecule has 0 radical (unpaired) electrons. The molecule has 0 saturated heterocycles. The van der Waals surface area contributed by atoms with Crippen LogP contribution in [0.15, 0.2) is 24.3 Å². The molecule has 1 rings (SSSR count). The van der Waals surface area contributed by atoms with E-state index in [1.54, 1.807) is 12.1 Å². The van der Waals surface area contributed by atoms with E-state index in [-0.39, 0.29) is 17.3 Å². The van der Waals surface area contributed by atoms with E-state index in [1.165, 1.54) is 12.1 Å². The Labute approximate surface area is 110 Å². The molecular weight excluding hydrogens is 229 g/mol. The van der Waals surface area contributed by atoms with Gasteiger partial charge in [0.1, 0.15) is 5.82 Å². The average molecular weight is 253 g/mol. The van der Waals surface area contributed by atoms with Gasteiger partial charge in [-0.3, -0.25) is 0 Å². The molecule has 1 unspecified atom stereocenters. The number of likely N-dealkylation sites (N-methyl/N-ethyl adjacent to an activating group) is 1. The SMILES string of the molecule is CNCC(OCCC(C)(C)C)c1ccc(F)cc1. The summed E-state index contributed by atoms with van der Waals surface area (Å²) in [6, 6.07) is 6.53. The van der Waals surface area contributed by atoms with Crippen LogP contribution in [0.25, 0.3) is 0 Å². The normalized spacial score (nSPS) is 13.6. The fourth-order valence-electron chi connectivity index (χ4n) is 1.64. The van der Waals surface area contributed by atoms with Gasteiger partial charge >= 0.3 is 0 Å². The molecule has 0 spiro atoms. The fraction of sp³-hybridized carbons (Fsp3) is 0.600. The predicted octanol–water partition coefficient (Wildman–Crippen LogP) is 3.54. The summed E-state index contributed by atoms with van der Waals surface area (Å²) in [6.07, 6.45) is 0.993. The molecule has 0 amide bonds. The van der Waals surface area contributed by atoms with E-state index in [2.05, 4.69) is 26.1 Å². The monoisotopic (exact) mass is 253 g/mol. The van der Waals surface area contributed by atoms with Crippen molar-refractivity contribution in [1.82, 2.24) is 5.32 Å². The Morgan fingerprint density at radius 1 is 1.22 bits per heavy atom. The highest BCUT2D eigenvalue weighted by atomic mass is 19.1. The van der Waals surface area contributed by atoms with Crippen LogP contribution in [-0.4, -0.2) is 20.2 Å². The van der Waals surface area contributed by atoms with Gasteiger partial charge in [-0.2, -0.15) is 0 Å². The van der Waals surface area contributed by atoms with Crippen molar-refractivity contribution < 1.29 is 9.13 Å². The number of hydrogen-bond acceptors (Lipinski definition) is 2. The molecule has 102 valence electrons. The number of halogens is 1. The minimum atomic E-state index is -0.211. The summed E-state index contributed by atoms with van der Waals surface area (Å²) in [5, 5.41) is 3.11. The Balaban J connectivity index is 2.57. The largest absolute Gasteiger partial charge is 0.372 e. The van der Waals surface area contributed by atoms with E-state index in [4.69, 9.17) is 4.74 Å². The molecule has 1 N–H and O–H groups in total. The molecule has 0 saturated carbocycles. The Bertz CT molecular complexity index is 343. The maximum atomic E-state index is 12.9. The van der Waals surface area contributed by atoms with Crippen molar-refractivity contribution in [3.05, 3.63) is 35.6 Å². The Kier molecular flexibility index (Phi) is 5.76. The van der Waals surface area contributed by atoms with E-state index in [0.717, 1.165) is 18.5 Å². The first-order chi connectivity index (χ1) is 8.42. The fourth-order valence-corrected chi connectivity index (χ4v) is 1.64. The van der Waals surface area contributed by atoms with Crippen LogP contribution in [-0.2, 0) is 4.74 Å². The molecule has 0 fully saturated rings. The Hall–Kier alpha value is -0.930. The lowest BCUT2D eigenvalue weighted by Gasteiger charge is -2.22. The van der Waals surface area contributed by atoms with Gasteiger partial charge in [0.05, 0.1) is 6.10 Å². The van der Waals surface area contributed by atoms with Crippen LogP contribution in [0, 0.1) is 11.2 Å². The van der Waals surface area contributed by atoms with Gasteiger partial charge in [-0.05, 0) is 36.6 Å². The van der Waals surface area contributed by atoms with Gasteiger partial charge in [0.25, 0.3) is 0 Å². The second kappa shape index (κ2) is 6.86. The van der Waals surface area contributed by atoms with E-state index in [1.807, 2.05) is 7.05 Å². The van der Waals surface area contributed by atoms with Crippen LogP contribution in [0.3, 0.4) is 0 Å². The Morgan fingerprint density at radius 3 is 2.33 bits per heavy atom. The third-order valence-electron chi connectivity index (χ3n) is 2.80. The standard InChI is InChI=1S/C15H24FNO/c1-15(2,3)9-10-18-14(11-17-4)12-5-7-13(16)8-6-12/h5-8,14,17H,9-11H2,1-4H3. The van der Waals surface area contributed by atoms with Crippen molar-refractivity contribution in [3.63, 3.8) is 0 Å². The summed E-state index contributed by atoms with van der Waals surface area (Å²) >= 11 is 0. The molecule has 1 atom stereocenters. The maximum Gasteiger partial charge on any atom is 0.123 e. The van der Waals surface area contributed by atoms with Crippen LogP contribution in [0.1, 0.15) is 38.9 Å². The summed E-state index contributed by atoms with van der Waals surface area (Å²) in [6.45, 7) is 8.03. The van der Waals surface area contributed by atoms with Crippen LogP contribution in [0.2, 0.25) is 0 Å². The van der Waals surface area contributed by atoms with Crippen molar-refractivity contribution in [2.45, 2.75) is 33.3 Å². The first kappa shape index (κ1) is 15.1. The molecule has 0 heterocycles. The van der Waals surface area contributed by atoms with Gasteiger partial charge in [0.15, 0.2) is 0 Å². The molecule has 1 aromatic rings. The second-order valence-electron chi connectivity index (χ2n) is 5.78. The first-order valence-corrected chi connectivity index (χ1v) is 6.44. The molecule has 0 aliphatic carbocycles. The summed E-state index contributed by atoms with van der Waals surface area (Å²) in [5.41, 5.74) is 1.28. The molecule has 3 heteroatoms. The molecule has 0 aromatic heterocycles. The molecule has 0 bridgehead atoms. The quantitative estimate of drug-likeness (QED) is 0.837. The third-order valence-corrected chi connectivity index (χ3v) is 2.80. The molecular formula is C15H24FNO. The van der Waals surface area contributed by atoms with Crippen LogP contribution < -0.4 is 5.32 Å². The minimum Gasteiger partial charge on any atom is -0.372 e.